The number of carbonyl (C=O) groups is 1. The van der Waals surface area contributed by atoms with E-state index in [-0.39, 0.29) is 17.6 Å². The molecule has 0 aliphatic heterocycles. The van der Waals surface area contributed by atoms with Crippen molar-refractivity contribution in [3.8, 4) is 16.9 Å². The van der Waals surface area contributed by atoms with Crippen LogP contribution >= 0.6 is 23.3 Å². The van der Waals surface area contributed by atoms with Gasteiger partial charge in [0.05, 0.1) is 4.21 Å². The van der Waals surface area contributed by atoms with Crippen LogP contribution in [0.25, 0.3) is 11.1 Å². The van der Waals surface area contributed by atoms with Gasteiger partial charge in [-0.25, -0.2) is 0 Å². The molecule has 1 aromatic heterocycles. The largest absolute Gasteiger partial charge is 0.508 e. The number of nitrogens with zero attached hydrogens (tertiary/aromatic N) is 1. The van der Waals surface area contributed by atoms with Gasteiger partial charge >= 0.3 is 0 Å². The van der Waals surface area contributed by atoms with Gasteiger partial charge in [-0.05, 0) is 71.3 Å². The van der Waals surface area contributed by atoms with Gasteiger partial charge in [0.25, 0.3) is 5.91 Å². The van der Waals surface area contributed by atoms with Crippen molar-refractivity contribution < 1.29 is 9.90 Å². The Labute approximate surface area is 203 Å². The third-order valence-electron chi connectivity index (χ3n) is 5.29. The fourth-order valence-electron chi connectivity index (χ4n) is 3.45. The first kappa shape index (κ1) is 23.0. The van der Waals surface area contributed by atoms with E-state index in [0.29, 0.717) is 12.1 Å². The molecule has 0 fully saturated rings. The fraction of sp³-hybridized carbons (Fsp3) is 0.148. The number of benzene rings is 2. The third-order valence-corrected chi connectivity index (χ3v) is 7.27. The standard InChI is InChI=1S/C27H26N2O2S2/c1-29(33-26-7-4-18-32-26)24-6-3-2-5-20(8-15-24)19-28-27(31)23-11-9-21(10-12-23)22-13-16-25(30)17-14-22/h2,4-18,20,30H,3,19H2,1H3,(H,28,31)/b5-2-,15-8?,24-6+. The van der Waals surface area contributed by atoms with Gasteiger partial charge in [-0.3, -0.25) is 4.79 Å². The minimum absolute atomic E-state index is 0.0859. The van der Waals surface area contributed by atoms with Crippen molar-refractivity contribution in [2.24, 2.45) is 5.92 Å². The number of phenols is 1. The van der Waals surface area contributed by atoms with Crippen molar-refractivity contribution in [2.45, 2.75) is 10.6 Å². The molecule has 1 unspecified atom stereocenters. The molecule has 1 aliphatic rings. The molecule has 1 amide bonds. The number of rotatable bonds is 7. The van der Waals surface area contributed by atoms with E-state index in [9.17, 15) is 9.90 Å². The Hall–Kier alpha value is -3.22. The highest BCUT2D eigenvalue weighted by Crippen LogP contribution is 2.30. The Morgan fingerprint density at radius 1 is 1.09 bits per heavy atom. The molecule has 0 radical (unpaired) electrons. The number of nitrogens with one attached hydrogen (secondary N) is 1. The molecule has 168 valence electrons. The SMILES string of the molecule is CN(Sc1cccs1)/C1=C/C/C=C\C(CNC(=O)c2ccc(-c3ccc(O)cc3)cc2)C=C1. The number of carbonyl (C=O) groups excluding carboxylic acids is 1. The maximum Gasteiger partial charge on any atom is 0.251 e. The fourth-order valence-corrected chi connectivity index (χ4v) is 5.22. The monoisotopic (exact) mass is 474 g/mol. The van der Waals surface area contributed by atoms with Crippen LogP contribution in [0.1, 0.15) is 16.8 Å². The van der Waals surface area contributed by atoms with Crippen molar-refractivity contribution in [3.05, 3.63) is 108 Å². The molecule has 0 spiro atoms. The quantitative estimate of drug-likeness (QED) is 0.303. The van der Waals surface area contributed by atoms with Crippen molar-refractivity contribution >= 4 is 29.2 Å². The van der Waals surface area contributed by atoms with E-state index >= 15 is 0 Å². The second-order valence-electron chi connectivity index (χ2n) is 7.67. The van der Waals surface area contributed by atoms with Crippen LogP contribution in [0.15, 0.2) is 106 Å². The smallest absolute Gasteiger partial charge is 0.251 e. The number of aromatic hydroxyl groups is 1. The zero-order valence-electron chi connectivity index (χ0n) is 18.3. The molecule has 4 nitrogen and oxygen atoms in total. The number of amides is 1. The van der Waals surface area contributed by atoms with Crippen LogP contribution in [0.2, 0.25) is 0 Å². The molecule has 3 aromatic rings. The Kier molecular flexibility index (Phi) is 7.70. The summed E-state index contributed by atoms with van der Waals surface area (Å²) in [5.41, 5.74) is 3.78. The van der Waals surface area contributed by atoms with Gasteiger partial charge in [-0.2, -0.15) is 0 Å². The Morgan fingerprint density at radius 3 is 2.52 bits per heavy atom. The van der Waals surface area contributed by atoms with Crippen LogP contribution in [-0.4, -0.2) is 28.9 Å². The minimum atomic E-state index is -0.0859. The van der Waals surface area contributed by atoms with E-state index < -0.39 is 0 Å². The summed E-state index contributed by atoms with van der Waals surface area (Å²) in [5, 5.41) is 14.6. The lowest BCUT2D eigenvalue weighted by molar-refractivity contribution is 0.0951. The highest BCUT2D eigenvalue weighted by atomic mass is 32.2. The first-order chi connectivity index (χ1) is 16.1. The van der Waals surface area contributed by atoms with Crippen LogP contribution in [0.4, 0.5) is 0 Å². The molecule has 1 aliphatic carbocycles. The van der Waals surface area contributed by atoms with E-state index in [1.807, 2.05) is 36.4 Å². The van der Waals surface area contributed by atoms with Crippen LogP contribution in [0.3, 0.4) is 0 Å². The molecule has 2 aromatic carbocycles. The van der Waals surface area contributed by atoms with E-state index in [1.165, 1.54) is 4.21 Å². The summed E-state index contributed by atoms with van der Waals surface area (Å²) < 4.78 is 3.43. The van der Waals surface area contributed by atoms with Gasteiger partial charge in [-0.15, -0.1) is 11.3 Å². The summed E-state index contributed by atoms with van der Waals surface area (Å²) in [6, 6.07) is 18.7. The predicted molar refractivity (Wildman–Crippen MR) is 138 cm³/mol. The summed E-state index contributed by atoms with van der Waals surface area (Å²) in [7, 11) is 2.07. The van der Waals surface area contributed by atoms with E-state index in [0.717, 1.165) is 23.2 Å². The second-order valence-corrected chi connectivity index (χ2v) is 10.0. The topological polar surface area (TPSA) is 52.6 Å². The van der Waals surface area contributed by atoms with E-state index in [4.69, 9.17) is 0 Å². The summed E-state index contributed by atoms with van der Waals surface area (Å²) in [6.45, 7) is 0.542. The van der Waals surface area contributed by atoms with Gasteiger partial charge in [0.2, 0.25) is 0 Å². The third kappa shape index (κ3) is 6.40. The van der Waals surface area contributed by atoms with Gasteiger partial charge in [0.15, 0.2) is 0 Å². The average molecular weight is 475 g/mol. The maximum atomic E-state index is 12.7. The lowest BCUT2D eigenvalue weighted by atomic mass is 10.0. The van der Waals surface area contributed by atoms with Gasteiger partial charge in [0.1, 0.15) is 5.75 Å². The lowest BCUT2D eigenvalue weighted by Gasteiger charge is -2.20. The normalized spacial score (nSPS) is 18.0. The van der Waals surface area contributed by atoms with Crippen molar-refractivity contribution in [1.82, 2.24) is 9.62 Å². The summed E-state index contributed by atoms with van der Waals surface area (Å²) in [6.07, 6.45) is 11.6. The summed E-state index contributed by atoms with van der Waals surface area (Å²) in [5.74, 6) is 0.286. The number of thiophene rings is 1. The number of hydrogen-bond donors (Lipinski definition) is 2. The zero-order chi connectivity index (χ0) is 23.0. The first-order valence-electron chi connectivity index (χ1n) is 10.8. The molecule has 0 saturated heterocycles. The minimum Gasteiger partial charge on any atom is -0.508 e. The molecule has 6 heteroatoms. The van der Waals surface area contributed by atoms with Crippen LogP contribution < -0.4 is 5.32 Å². The Morgan fingerprint density at radius 2 is 1.82 bits per heavy atom. The number of hydrogen-bond acceptors (Lipinski definition) is 5. The number of allylic oxidation sites excluding steroid dienone is 3. The molecule has 33 heavy (non-hydrogen) atoms. The summed E-state index contributed by atoms with van der Waals surface area (Å²) in [4.78, 5) is 12.7. The predicted octanol–water partition coefficient (Wildman–Crippen LogP) is 6.51. The molecule has 1 heterocycles. The van der Waals surface area contributed by atoms with Crippen LogP contribution in [0.5, 0.6) is 5.75 Å². The van der Waals surface area contributed by atoms with Gasteiger partial charge in [0, 0.05) is 30.8 Å². The highest BCUT2D eigenvalue weighted by molar-refractivity contribution is 7.99. The molecular weight excluding hydrogens is 448 g/mol. The van der Waals surface area contributed by atoms with Crippen molar-refractivity contribution in [2.75, 3.05) is 13.6 Å². The Bertz CT molecular complexity index is 1150. The van der Waals surface area contributed by atoms with E-state index in [2.05, 4.69) is 64.6 Å². The molecule has 1 atom stereocenters. The van der Waals surface area contributed by atoms with Crippen LogP contribution in [-0.2, 0) is 0 Å². The lowest BCUT2D eigenvalue weighted by Crippen LogP contribution is -2.28. The number of phenolic OH excluding ortho intramolecular Hbond substituents is 1. The van der Waals surface area contributed by atoms with Crippen molar-refractivity contribution in [1.29, 1.82) is 0 Å². The molecule has 0 bridgehead atoms. The number of likely N-dealkylation sites (N-methyl/N-ethyl adjacent to an activating group) is 1. The highest BCUT2D eigenvalue weighted by Gasteiger charge is 2.11. The second kappa shape index (κ2) is 11.1. The molecule has 2 N–H and O–H groups in total. The first-order valence-corrected chi connectivity index (χ1v) is 12.4. The van der Waals surface area contributed by atoms with Crippen molar-refractivity contribution in [3.63, 3.8) is 0 Å². The molecular formula is C27H26N2O2S2. The Balaban J connectivity index is 1.33. The van der Waals surface area contributed by atoms with E-state index in [1.54, 1.807) is 35.4 Å². The summed E-state index contributed by atoms with van der Waals surface area (Å²) >= 11 is 3.45. The van der Waals surface area contributed by atoms with Crippen LogP contribution in [0, 0.1) is 5.92 Å². The zero-order valence-corrected chi connectivity index (χ0v) is 20.0. The average Bonchev–Trinajstić information content (AvgIpc) is 3.32. The maximum absolute atomic E-state index is 12.7. The van der Waals surface area contributed by atoms with Gasteiger partial charge in [-0.1, -0.05) is 54.6 Å². The molecule has 4 rings (SSSR count). The van der Waals surface area contributed by atoms with Gasteiger partial charge < -0.3 is 14.7 Å². The molecule has 0 saturated carbocycles.